The Labute approximate surface area is 73.2 Å². The summed E-state index contributed by atoms with van der Waals surface area (Å²) in [4.78, 5) is 17.5. The van der Waals surface area contributed by atoms with Crippen LogP contribution in [0.15, 0.2) is 0 Å². The summed E-state index contributed by atoms with van der Waals surface area (Å²) in [6.07, 6.45) is 1.05. The van der Waals surface area contributed by atoms with Gasteiger partial charge in [0.15, 0.2) is 0 Å². The average molecular weight is 265 g/mol. The van der Waals surface area contributed by atoms with Crippen LogP contribution in [-0.4, -0.2) is 31.0 Å². The maximum atomic E-state index is 10.4. The average Bonchev–Trinajstić information content (AvgIpc) is 1.78. The van der Waals surface area contributed by atoms with Gasteiger partial charge < -0.3 is 0 Å². The number of carbonyl (C=O) groups excluding carboxylic acids is 1. The maximum absolute atomic E-state index is 10.4. The molecule has 0 unspecified atom stereocenters. The Bertz CT molecular complexity index is 127. The molecule has 0 aromatic heterocycles. The molecule has 0 bridgehead atoms. The van der Waals surface area contributed by atoms with Crippen molar-refractivity contribution in [3.05, 3.63) is 0 Å². The number of rotatable bonds is 4. The molecule has 0 aromatic rings. The van der Waals surface area contributed by atoms with E-state index in [9.17, 15) is 4.79 Å². The van der Waals surface area contributed by atoms with Crippen molar-refractivity contribution >= 4 is 24.3 Å². The Morgan fingerprint density at radius 3 is 2.27 bits per heavy atom. The second-order valence-corrected chi connectivity index (χ2v) is 20.0. The molecule has 0 saturated heterocycles. The Hall–Kier alpha value is 0.269. The molecule has 0 radical (unpaired) electrons. The van der Waals surface area contributed by atoms with Crippen LogP contribution in [0.3, 0.4) is 0 Å². The van der Waals surface area contributed by atoms with Crippen molar-refractivity contribution in [2.45, 2.75) is 32.6 Å². The number of esters is 1. The zero-order chi connectivity index (χ0) is 8.91. The quantitative estimate of drug-likeness (QED) is 0.442. The third-order valence-electron chi connectivity index (χ3n) is 1.38. The van der Waals surface area contributed by atoms with Gasteiger partial charge in [-0.05, 0) is 0 Å². The first-order valence-corrected chi connectivity index (χ1v) is 14.6. The van der Waals surface area contributed by atoms with Crippen molar-refractivity contribution in [3.8, 4) is 0 Å². The molecule has 0 atom stereocenters. The van der Waals surface area contributed by atoms with E-state index in [0.717, 1.165) is 6.42 Å². The van der Waals surface area contributed by atoms with Crippen LogP contribution >= 0.6 is 0 Å². The summed E-state index contributed by atoms with van der Waals surface area (Å²) < 4.78 is 6.14. The fraction of sp³-hybridized carbons (Fsp3) is 0.875. The van der Waals surface area contributed by atoms with E-state index in [2.05, 4.69) is 14.8 Å². The van der Waals surface area contributed by atoms with Crippen LogP contribution in [0.1, 0.15) is 13.3 Å². The molecule has 0 heterocycles. The molecule has 2 nitrogen and oxygen atoms in total. The predicted octanol–water partition coefficient (Wildman–Crippen LogP) is 2.28. The summed E-state index contributed by atoms with van der Waals surface area (Å²) >= 11 is -1.57. The Morgan fingerprint density at radius 2 is 1.91 bits per heavy atom. The van der Waals surface area contributed by atoms with Gasteiger partial charge in [-0.3, -0.25) is 0 Å². The predicted molar refractivity (Wildman–Crippen MR) is 49.4 cm³/mol. The molecule has 66 valence electrons. The summed E-state index contributed by atoms with van der Waals surface area (Å²) in [5.74, 6) is -0.158. The van der Waals surface area contributed by atoms with Crippen molar-refractivity contribution in [2.75, 3.05) is 6.61 Å². The van der Waals surface area contributed by atoms with Crippen molar-refractivity contribution in [1.82, 2.24) is 0 Å². The molecular formula is C8H18O2Sn. The van der Waals surface area contributed by atoms with Gasteiger partial charge in [0.25, 0.3) is 0 Å². The molecule has 0 aliphatic carbocycles. The molecule has 0 rings (SSSR count). The van der Waals surface area contributed by atoms with E-state index in [1.165, 1.54) is 11.4 Å². The van der Waals surface area contributed by atoms with Crippen molar-refractivity contribution < 1.29 is 9.53 Å². The monoisotopic (exact) mass is 266 g/mol. The van der Waals surface area contributed by atoms with Crippen molar-refractivity contribution in [2.24, 2.45) is 0 Å². The van der Waals surface area contributed by atoms with Crippen molar-refractivity contribution in [3.63, 3.8) is 0 Å². The molecule has 0 amide bonds. The van der Waals surface area contributed by atoms with Gasteiger partial charge in [-0.15, -0.1) is 0 Å². The molecule has 0 aromatic carbocycles. The minimum atomic E-state index is -1.57. The number of hydrogen-bond donors (Lipinski definition) is 0. The van der Waals surface area contributed by atoms with Gasteiger partial charge in [0.05, 0.1) is 0 Å². The van der Waals surface area contributed by atoms with E-state index in [1.807, 2.05) is 0 Å². The van der Waals surface area contributed by atoms with Crippen LogP contribution in [0.4, 0.5) is 0 Å². The fourth-order valence-corrected chi connectivity index (χ4v) is 4.26. The zero-order valence-electron chi connectivity index (χ0n) is 7.94. The number of hydrogen-bond acceptors (Lipinski definition) is 2. The molecule has 3 heteroatoms. The SMILES string of the molecule is CC(=O)OCC[CH2][Sn]([CH3])([CH3])[CH3]. The van der Waals surface area contributed by atoms with Gasteiger partial charge in [0, 0.05) is 0 Å². The summed E-state index contributed by atoms with van der Waals surface area (Å²) in [7, 11) is 0. The van der Waals surface area contributed by atoms with Crippen molar-refractivity contribution in [1.29, 1.82) is 0 Å². The summed E-state index contributed by atoms with van der Waals surface area (Å²) in [5.41, 5.74) is 0. The molecule has 0 aliphatic rings. The molecule has 0 N–H and O–H groups in total. The van der Waals surface area contributed by atoms with Gasteiger partial charge in [-0.2, -0.15) is 0 Å². The Kier molecular flexibility index (Phi) is 5.13. The standard InChI is InChI=1S/C5H9O2.3CH3.Sn/c1-3-4-7-5(2)6;;;;/h1,3-4H2,2H3;3*1H3;. The van der Waals surface area contributed by atoms with Crippen LogP contribution in [0.2, 0.25) is 19.3 Å². The van der Waals surface area contributed by atoms with E-state index in [0.29, 0.717) is 6.61 Å². The van der Waals surface area contributed by atoms with Crippen LogP contribution in [0, 0.1) is 0 Å². The zero-order valence-corrected chi connectivity index (χ0v) is 10.8. The molecule has 0 aliphatic heterocycles. The van der Waals surface area contributed by atoms with Gasteiger partial charge in [-0.1, -0.05) is 0 Å². The van der Waals surface area contributed by atoms with E-state index >= 15 is 0 Å². The van der Waals surface area contributed by atoms with E-state index in [4.69, 9.17) is 4.74 Å². The van der Waals surface area contributed by atoms with Gasteiger partial charge in [0.2, 0.25) is 0 Å². The van der Waals surface area contributed by atoms with Gasteiger partial charge in [0.1, 0.15) is 0 Å². The first-order valence-electron chi connectivity index (χ1n) is 4.05. The molecule has 0 saturated carbocycles. The topological polar surface area (TPSA) is 26.3 Å². The first-order chi connectivity index (χ1) is 4.92. The van der Waals surface area contributed by atoms with Crippen LogP contribution in [-0.2, 0) is 9.53 Å². The van der Waals surface area contributed by atoms with E-state index < -0.39 is 18.4 Å². The molecular weight excluding hydrogens is 247 g/mol. The van der Waals surface area contributed by atoms with Crippen LogP contribution in [0.25, 0.3) is 0 Å². The number of ether oxygens (including phenoxy) is 1. The summed E-state index contributed by atoms with van der Waals surface area (Å²) in [6.45, 7) is 2.07. The van der Waals surface area contributed by atoms with Gasteiger partial charge >= 0.3 is 73.1 Å². The molecule has 11 heavy (non-hydrogen) atoms. The second-order valence-electron chi connectivity index (χ2n) is 4.00. The van der Waals surface area contributed by atoms with Gasteiger partial charge in [-0.25, -0.2) is 0 Å². The van der Waals surface area contributed by atoms with Crippen LogP contribution < -0.4 is 0 Å². The Morgan fingerprint density at radius 1 is 1.36 bits per heavy atom. The number of carbonyl (C=O) groups is 1. The fourth-order valence-electron chi connectivity index (χ4n) is 0.818. The first kappa shape index (κ1) is 11.3. The molecule has 0 fully saturated rings. The second kappa shape index (κ2) is 5.01. The third kappa shape index (κ3) is 10.3. The van der Waals surface area contributed by atoms with Crippen LogP contribution in [0.5, 0.6) is 0 Å². The summed E-state index contributed by atoms with van der Waals surface area (Å²) in [5, 5.41) is 0. The normalized spacial score (nSPS) is 11.3. The van der Waals surface area contributed by atoms with E-state index in [1.54, 1.807) is 0 Å². The third-order valence-corrected chi connectivity index (χ3v) is 6.67. The van der Waals surface area contributed by atoms with E-state index in [-0.39, 0.29) is 5.97 Å². The minimum absolute atomic E-state index is 0.158. The Balaban J connectivity index is 3.22. The summed E-state index contributed by atoms with van der Waals surface area (Å²) in [6, 6.07) is 0. The molecule has 0 spiro atoms.